The van der Waals surface area contributed by atoms with E-state index in [2.05, 4.69) is 6.92 Å². The molecule has 22 heavy (non-hydrogen) atoms. The van der Waals surface area contributed by atoms with Crippen LogP contribution in [0, 0.1) is 10.1 Å². The number of rotatable bonds is 6. The maximum absolute atomic E-state index is 11.4. The minimum absolute atomic E-state index is 0.0850. The van der Waals surface area contributed by atoms with Crippen molar-refractivity contribution in [3.05, 3.63) is 28.3 Å². The number of aldehydes is 1. The average Bonchev–Trinajstić information content (AvgIpc) is 2.53. The number of carbonyl (C=O) groups excluding carboxylic acids is 1. The summed E-state index contributed by atoms with van der Waals surface area (Å²) in [4.78, 5) is 23.7. The molecule has 1 aromatic rings. The van der Waals surface area contributed by atoms with Gasteiger partial charge in [-0.15, -0.1) is 0 Å². The van der Waals surface area contributed by atoms with Crippen LogP contribution < -0.4 is 9.47 Å². The summed E-state index contributed by atoms with van der Waals surface area (Å²) < 4.78 is 10.9. The summed E-state index contributed by atoms with van der Waals surface area (Å²) in [5.41, 5.74) is -0.0850. The van der Waals surface area contributed by atoms with Crippen molar-refractivity contribution in [3.8, 4) is 11.5 Å². The van der Waals surface area contributed by atoms with Crippen LogP contribution in [0.25, 0.3) is 0 Å². The number of ether oxygens (including phenoxy) is 2. The van der Waals surface area contributed by atoms with Crippen molar-refractivity contribution < 1.29 is 19.2 Å². The fourth-order valence-corrected chi connectivity index (χ4v) is 2.67. The Balaban J connectivity index is 2.20. The summed E-state index contributed by atoms with van der Waals surface area (Å²) in [5.74, 6) is 0.564. The number of non-ortho nitro benzene ring substituents is 1. The first-order chi connectivity index (χ1) is 10.6. The van der Waals surface area contributed by atoms with Gasteiger partial charge in [-0.25, -0.2) is 0 Å². The lowest BCUT2D eigenvalue weighted by molar-refractivity contribution is -0.385. The molecule has 0 N–H and O–H groups in total. The third kappa shape index (κ3) is 3.54. The van der Waals surface area contributed by atoms with Crippen LogP contribution >= 0.6 is 0 Å². The second-order valence-corrected chi connectivity index (χ2v) is 5.32. The van der Waals surface area contributed by atoms with Crippen LogP contribution in [0.15, 0.2) is 18.2 Å². The van der Waals surface area contributed by atoms with Gasteiger partial charge in [0, 0.05) is 18.7 Å². The Morgan fingerprint density at radius 2 is 2.18 bits per heavy atom. The Kier molecular flexibility index (Phi) is 5.32. The molecule has 0 bridgehead atoms. The van der Waals surface area contributed by atoms with Gasteiger partial charge in [0.1, 0.15) is 0 Å². The van der Waals surface area contributed by atoms with Gasteiger partial charge in [-0.3, -0.25) is 19.8 Å². The predicted octanol–water partition coefficient (Wildman–Crippen LogP) is 2.38. The maximum atomic E-state index is 11.4. The monoisotopic (exact) mass is 308 g/mol. The summed E-state index contributed by atoms with van der Waals surface area (Å²) >= 11 is 0. The Bertz CT molecular complexity index is 549. The molecule has 2 atom stereocenters. The summed E-state index contributed by atoms with van der Waals surface area (Å²) in [6.07, 6.45) is 3.22. The smallest absolute Gasteiger partial charge is 0.273 e. The van der Waals surface area contributed by atoms with Crippen LogP contribution in [-0.4, -0.2) is 42.0 Å². The van der Waals surface area contributed by atoms with Crippen molar-refractivity contribution in [2.75, 3.05) is 13.7 Å². The number of hydrogen-bond acceptors (Lipinski definition) is 6. The number of methoxy groups -OCH3 is 1. The number of nitrogens with zero attached hydrogens (tertiary/aromatic N) is 2. The number of piperidine rings is 1. The maximum Gasteiger partial charge on any atom is 0.273 e. The SMILES string of the molecule is COc1cc([N+](=O)[O-])ccc1OC(C=O)N1CCCCC1C. The number of nitro benzene ring substituents is 1. The van der Waals surface area contributed by atoms with Gasteiger partial charge in [0.05, 0.1) is 18.1 Å². The van der Waals surface area contributed by atoms with E-state index in [4.69, 9.17) is 9.47 Å². The number of likely N-dealkylation sites (tertiary alicyclic amines) is 1. The van der Waals surface area contributed by atoms with Crippen LogP contribution in [0.4, 0.5) is 5.69 Å². The van der Waals surface area contributed by atoms with Crippen LogP contribution in [0.1, 0.15) is 26.2 Å². The molecule has 0 aliphatic carbocycles. The summed E-state index contributed by atoms with van der Waals surface area (Å²) in [6, 6.07) is 4.34. The molecule has 1 aliphatic heterocycles. The van der Waals surface area contributed by atoms with Gasteiger partial charge < -0.3 is 9.47 Å². The molecule has 2 unspecified atom stereocenters. The first kappa shape index (κ1) is 16.2. The topological polar surface area (TPSA) is 81.9 Å². The summed E-state index contributed by atoms with van der Waals surface area (Å²) in [7, 11) is 1.41. The van der Waals surface area contributed by atoms with E-state index >= 15 is 0 Å². The van der Waals surface area contributed by atoms with E-state index in [1.807, 2.05) is 4.90 Å². The van der Waals surface area contributed by atoms with Crippen molar-refractivity contribution in [2.24, 2.45) is 0 Å². The van der Waals surface area contributed by atoms with E-state index in [9.17, 15) is 14.9 Å². The van der Waals surface area contributed by atoms with E-state index in [1.165, 1.54) is 25.3 Å². The number of hydrogen-bond donors (Lipinski definition) is 0. The fourth-order valence-electron chi connectivity index (χ4n) is 2.67. The molecule has 1 aromatic carbocycles. The quantitative estimate of drug-likeness (QED) is 0.456. The van der Waals surface area contributed by atoms with Crippen molar-refractivity contribution in [2.45, 2.75) is 38.5 Å². The Labute approximate surface area is 129 Å². The first-order valence-corrected chi connectivity index (χ1v) is 7.27. The molecule has 1 aliphatic rings. The van der Waals surface area contributed by atoms with Crippen molar-refractivity contribution >= 4 is 12.0 Å². The zero-order valence-electron chi connectivity index (χ0n) is 12.7. The molecule has 1 fully saturated rings. The van der Waals surface area contributed by atoms with Gasteiger partial charge >= 0.3 is 0 Å². The summed E-state index contributed by atoms with van der Waals surface area (Å²) in [5, 5.41) is 10.8. The van der Waals surface area contributed by atoms with Crippen molar-refractivity contribution in [1.82, 2.24) is 4.90 Å². The Morgan fingerprint density at radius 1 is 1.41 bits per heavy atom. The molecular weight excluding hydrogens is 288 g/mol. The average molecular weight is 308 g/mol. The minimum Gasteiger partial charge on any atom is -0.493 e. The standard InChI is InChI=1S/C15H20N2O5/c1-11-5-3-4-8-16(11)15(10-18)22-13-7-6-12(17(19)20)9-14(13)21-2/h6-7,9-11,15H,3-5,8H2,1-2H3. The number of benzene rings is 1. The third-order valence-electron chi connectivity index (χ3n) is 3.90. The molecule has 7 nitrogen and oxygen atoms in total. The molecule has 7 heteroatoms. The van der Waals surface area contributed by atoms with E-state index in [0.29, 0.717) is 5.75 Å². The molecular formula is C15H20N2O5. The Hall–Kier alpha value is -2.15. The van der Waals surface area contributed by atoms with E-state index < -0.39 is 11.2 Å². The lowest BCUT2D eigenvalue weighted by atomic mass is 10.0. The zero-order valence-corrected chi connectivity index (χ0v) is 12.7. The second kappa shape index (κ2) is 7.22. The van der Waals surface area contributed by atoms with Crippen LogP contribution in [-0.2, 0) is 4.79 Å². The lowest BCUT2D eigenvalue weighted by Gasteiger charge is -2.36. The third-order valence-corrected chi connectivity index (χ3v) is 3.90. The Morgan fingerprint density at radius 3 is 2.77 bits per heavy atom. The highest BCUT2D eigenvalue weighted by atomic mass is 16.6. The second-order valence-electron chi connectivity index (χ2n) is 5.32. The molecule has 0 saturated carbocycles. The fraction of sp³-hybridized carbons (Fsp3) is 0.533. The normalized spacial score (nSPS) is 20.2. The first-order valence-electron chi connectivity index (χ1n) is 7.27. The van der Waals surface area contributed by atoms with Gasteiger partial charge in [-0.1, -0.05) is 6.42 Å². The highest BCUT2D eigenvalue weighted by Crippen LogP contribution is 2.32. The van der Waals surface area contributed by atoms with Gasteiger partial charge in [0.2, 0.25) is 6.23 Å². The van der Waals surface area contributed by atoms with Gasteiger partial charge in [-0.2, -0.15) is 0 Å². The molecule has 0 amide bonds. The molecule has 0 radical (unpaired) electrons. The molecule has 2 rings (SSSR count). The van der Waals surface area contributed by atoms with Gasteiger partial charge in [-0.05, 0) is 25.8 Å². The molecule has 1 heterocycles. The van der Waals surface area contributed by atoms with E-state index in [1.54, 1.807) is 0 Å². The highest BCUT2D eigenvalue weighted by Gasteiger charge is 2.28. The highest BCUT2D eigenvalue weighted by molar-refractivity contribution is 5.58. The predicted molar refractivity (Wildman–Crippen MR) is 80.1 cm³/mol. The number of carbonyl (C=O) groups is 1. The molecule has 120 valence electrons. The largest absolute Gasteiger partial charge is 0.493 e. The van der Waals surface area contributed by atoms with Crippen LogP contribution in [0.5, 0.6) is 11.5 Å². The molecule has 0 spiro atoms. The number of nitro groups is 1. The lowest BCUT2D eigenvalue weighted by Crippen LogP contribution is -2.48. The van der Waals surface area contributed by atoms with Crippen molar-refractivity contribution in [1.29, 1.82) is 0 Å². The minimum atomic E-state index is -0.717. The van der Waals surface area contributed by atoms with Gasteiger partial charge in [0.15, 0.2) is 17.8 Å². The molecule has 0 aromatic heterocycles. The molecule has 1 saturated heterocycles. The van der Waals surface area contributed by atoms with Gasteiger partial charge in [0.25, 0.3) is 5.69 Å². The van der Waals surface area contributed by atoms with E-state index in [-0.39, 0.29) is 17.5 Å². The van der Waals surface area contributed by atoms with Crippen LogP contribution in [0.2, 0.25) is 0 Å². The van der Waals surface area contributed by atoms with Crippen LogP contribution in [0.3, 0.4) is 0 Å². The van der Waals surface area contributed by atoms with Crippen molar-refractivity contribution in [3.63, 3.8) is 0 Å². The summed E-state index contributed by atoms with van der Waals surface area (Å²) in [6.45, 7) is 2.85. The van der Waals surface area contributed by atoms with E-state index in [0.717, 1.165) is 32.1 Å². The zero-order chi connectivity index (χ0) is 16.1.